The molecule has 20 heavy (non-hydrogen) atoms. The molecule has 114 valence electrons. The first kappa shape index (κ1) is 15.4. The number of ether oxygens (including phenoxy) is 1. The number of rotatable bonds is 5. The highest BCUT2D eigenvalue weighted by molar-refractivity contribution is 6.00. The van der Waals surface area contributed by atoms with Gasteiger partial charge in [-0.15, -0.1) is 0 Å². The van der Waals surface area contributed by atoms with Gasteiger partial charge in [0.15, 0.2) is 0 Å². The van der Waals surface area contributed by atoms with Crippen molar-refractivity contribution in [2.24, 2.45) is 5.41 Å². The van der Waals surface area contributed by atoms with Crippen LogP contribution in [0.4, 0.5) is 0 Å². The van der Waals surface area contributed by atoms with Crippen molar-refractivity contribution in [3.05, 3.63) is 0 Å². The quantitative estimate of drug-likeness (QED) is 0.773. The van der Waals surface area contributed by atoms with Crippen molar-refractivity contribution in [2.45, 2.75) is 64.6 Å². The SMILES string of the molecule is CCOC1CC(NC2CCC(=O)N(C)C2=O)C1(C)CC. The first-order valence-corrected chi connectivity index (χ1v) is 7.62. The molecule has 1 aliphatic heterocycles. The Morgan fingerprint density at radius 3 is 2.70 bits per heavy atom. The first-order valence-electron chi connectivity index (χ1n) is 7.62. The number of hydrogen-bond donors (Lipinski definition) is 1. The number of carbonyl (C=O) groups excluding carboxylic acids is 2. The van der Waals surface area contributed by atoms with E-state index >= 15 is 0 Å². The summed E-state index contributed by atoms with van der Waals surface area (Å²) in [6.45, 7) is 7.13. The summed E-state index contributed by atoms with van der Waals surface area (Å²) in [6, 6.07) is 0.0655. The first-order chi connectivity index (χ1) is 9.43. The van der Waals surface area contributed by atoms with Crippen molar-refractivity contribution in [1.82, 2.24) is 10.2 Å². The largest absolute Gasteiger partial charge is 0.378 e. The Bertz CT molecular complexity index is 399. The van der Waals surface area contributed by atoms with Gasteiger partial charge in [0, 0.05) is 31.5 Å². The summed E-state index contributed by atoms with van der Waals surface area (Å²) in [7, 11) is 1.57. The molecule has 0 aromatic carbocycles. The number of hydrogen-bond acceptors (Lipinski definition) is 4. The molecule has 0 radical (unpaired) electrons. The Balaban J connectivity index is 1.97. The normalized spacial score (nSPS) is 38.0. The summed E-state index contributed by atoms with van der Waals surface area (Å²) in [5, 5.41) is 3.46. The Kier molecular flexibility index (Phi) is 4.49. The Morgan fingerprint density at radius 2 is 2.10 bits per heavy atom. The van der Waals surface area contributed by atoms with Crippen LogP contribution in [-0.2, 0) is 14.3 Å². The standard InChI is InChI=1S/C15H26N2O3/c1-5-15(3)11(9-12(15)20-6-2)16-10-7-8-13(18)17(4)14(10)19/h10-12,16H,5-9H2,1-4H3. The maximum Gasteiger partial charge on any atom is 0.246 e. The number of piperidine rings is 1. The lowest BCUT2D eigenvalue weighted by atomic mass is 9.61. The summed E-state index contributed by atoms with van der Waals surface area (Å²) in [5.41, 5.74) is 0.0797. The van der Waals surface area contributed by atoms with Gasteiger partial charge in [-0.25, -0.2) is 0 Å². The van der Waals surface area contributed by atoms with E-state index in [0.29, 0.717) is 18.9 Å². The highest BCUT2D eigenvalue weighted by Gasteiger charge is 2.52. The van der Waals surface area contributed by atoms with E-state index in [4.69, 9.17) is 4.74 Å². The average molecular weight is 282 g/mol. The summed E-state index contributed by atoms with van der Waals surface area (Å²) in [5.74, 6) is -0.174. The molecule has 2 aliphatic rings. The van der Waals surface area contributed by atoms with Gasteiger partial charge in [0.25, 0.3) is 0 Å². The number of nitrogens with zero attached hydrogens (tertiary/aromatic N) is 1. The van der Waals surface area contributed by atoms with E-state index in [0.717, 1.165) is 19.4 Å². The lowest BCUT2D eigenvalue weighted by Gasteiger charge is -2.54. The predicted molar refractivity (Wildman–Crippen MR) is 76.2 cm³/mol. The molecule has 2 rings (SSSR count). The van der Waals surface area contributed by atoms with Crippen molar-refractivity contribution in [3.8, 4) is 0 Å². The molecule has 0 bridgehead atoms. The molecule has 1 saturated carbocycles. The van der Waals surface area contributed by atoms with Crippen LogP contribution in [0.1, 0.15) is 46.5 Å². The van der Waals surface area contributed by atoms with Gasteiger partial charge in [-0.1, -0.05) is 13.8 Å². The van der Waals surface area contributed by atoms with Crippen LogP contribution in [0.25, 0.3) is 0 Å². The molecule has 2 amide bonds. The molecule has 5 heteroatoms. The van der Waals surface area contributed by atoms with E-state index in [1.54, 1.807) is 7.05 Å². The van der Waals surface area contributed by atoms with Gasteiger partial charge in [-0.05, 0) is 26.2 Å². The van der Waals surface area contributed by atoms with E-state index in [1.165, 1.54) is 4.90 Å². The van der Waals surface area contributed by atoms with E-state index in [2.05, 4.69) is 19.2 Å². The monoisotopic (exact) mass is 282 g/mol. The number of likely N-dealkylation sites (tertiary alicyclic amines) is 1. The number of amides is 2. The lowest BCUT2D eigenvalue weighted by molar-refractivity contribution is -0.152. The molecule has 0 aromatic heterocycles. The van der Waals surface area contributed by atoms with Crippen LogP contribution in [0.2, 0.25) is 0 Å². The minimum Gasteiger partial charge on any atom is -0.378 e. The molecule has 1 saturated heterocycles. The third-order valence-electron chi connectivity index (χ3n) is 5.16. The molecule has 5 nitrogen and oxygen atoms in total. The van der Waals surface area contributed by atoms with Crippen LogP contribution < -0.4 is 5.32 Å². The fourth-order valence-corrected chi connectivity index (χ4v) is 3.32. The summed E-state index contributed by atoms with van der Waals surface area (Å²) >= 11 is 0. The highest BCUT2D eigenvalue weighted by Crippen LogP contribution is 2.46. The van der Waals surface area contributed by atoms with E-state index < -0.39 is 0 Å². The fraction of sp³-hybridized carbons (Fsp3) is 0.867. The van der Waals surface area contributed by atoms with Crippen molar-refractivity contribution in [3.63, 3.8) is 0 Å². The maximum absolute atomic E-state index is 12.1. The second-order valence-corrected chi connectivity index (χ2v) is 6.14. The second-order valence-electron chi connectivity index (χ2n) is 6.14. The smallest absolute Gasteiger partial charge is 0.246 e. The minimum atomic E-state index is -0.226. The van der Waals surface area contributed by atoms with Crippen LogP contribution in [0, 0.1) is 5.41 Å². The van der Waals surface area contributed by atoms with Crippen molar-refractivity contribution < 1.29 is 14.3 Å². The van der Waals surface area contributed by atoms with Crippen molar-refractivity contribution in [1.29, 1.82) is 0 Å². The lowest BCUT2D eigenvalue weighted by Crippen LogP contribution is -2.66. The van der Waals surface area contributed by atoms with Gasteiger partial charge in [0.05, 0.1) is 12.1 Å². The molecule has 4 atom stereocenters. The number of imide groups is 1. The van der Waals surface area contributed by atoms with Crippen LogP contribution >= 0.6 is 0 Å². The zero-order valence-electron chi connectivity index (χ0n) is 12.9. The van der Waals surface area contributed by atoms with E-state index in [-0.39, 0.29) is 29.4 Å². The molecule has 1 N–H and O–H groups in total. The third-order valence-corrected chi connectivity index (χ3v) is 5.16. The molecule has 1 heterocycles. The zero-order chi connectivity index (χ0) is 14.9. The summed E-state index contributed by atoms with van der Waals surface area (Å²) in [6.07, 6.45) is 3.29. The molecule has 1 aliphatic carbocycles. The summed E-state index contributed by atoms with van der Waals surface area (Å²) in [4.78, 5) is 24.9. The van der Waals surface area contributed by atoms with Crippen molar-refractivity contribution >= 4 is 11.8 Å². The number of carbonyl (C=O) groups is 2. The van der Waals surface area contributed by atoms with Gasteiger partial charge in [0.1, 0.15) is 0 Å². The van der Waals surface area contributed by atoms with Gasteiger partial charge >= 0.3 is 0 Å². The minimum absolute atomic E-state index is 0.0768. The van der Waals surface area contributed by atoms with Gasteiger partial charge in [-0.3, -0.25) is 14.5 Å². The maximum atomic E-state index is 12.1. The third kappa shape index (κ3) is 2.49. The molecule has 0 spiro atoms. The fourth-order valence-electron chi connectivity index (χ4n) is 3.32. The molecular formula is C15H26N2O3. The van der Waals surface area contributed by atoms with E-state index in [9.17, 15) is 9.59 Å². The zero-order valence-corrected chi connectivity index (χ0v) is 12.9. The van der Waals surface area contributed by atoms with Crippen LogP contribution in [0.5, 0.6) is 0 Å². The number of likely N-dealkylation sites (N-methyl/N-ethyl adjacent to an activating group) is 1. The number of nitrogens with one attached hydrogen (secondary N) is 1. The van der Waals surface area contributed by atoms with Crippen LogP contribution in [0.15, 0.2) is 0 Å². The molecule has 2 fully saturated rings. The topological polar surface area (TPSA) is 58.6 Å². The van der Waals surface area contributed by atoms with Gasteiger partial charge < -0.3 is 10.1 Å². The van der Waals surface area contributed by atoms with Gasteiger partial charge in [0.2, 0.25) is 11.8 Å². The van der Waals surface area contributed by atoms with Crippen LogP contribution in [-0.4, -0.2) is 48.6 Å². The molecular weight excluding hydrogens is 256 g/mol. The highest BCUT2D eigenvalue weighted by atomic mass is 16.5. The average Bonchev–Trinajstić information content (AvgIpc) is 2.45. The van der Waals surface area contributed by atoms with Crippen molar-refractivity contribution in [2.75, 3.05) is 13.7 Å². The second kappa shape index (κ2) is 5.82. The van der Waals surface area contributed by atoms with E-state index in [1.807, 2.05) is 6.92 Å². The predicted octanol–water partition coefficient (Wildman–Crippen LogP) is 1.32. The van der Waals surface area contributed by atoms with Crippen LogP contribution in [0.3, 0.4) is 0 Å². The summed E-state index contributed by atoms with van der Waals surface area (Å²) < 4.78 is 5.78. The van der Waals surface area contributed by atoms with Gasteiger partial charge in [-0.2, -0.15) is 0 Å². The molecule has 0 aromatic rings. The Labute approximate surface area is 121 Å². The Morgan fingerprint density at radius 1 is 1.40 bits per heavy atom. The Hall–Kier alpha value is -0.940. The molecule has 4 unspecified atom stereocenters.